The average Bonchev–Trinajstić information content (AvgIpc) is 2.80. The van der Waals surface area contributed by atoms with Crippen molar-refractivity contribution in [1.29, 1.82) is 0 Å². The quantitative estimate of drug-likeness (QED) is 0.626. The van der Waals surface area contributed by atoms with Crippen LogP contribution in [0, 0.1) is 0 Å². The number of amides is 3. The lowest BCUT2D eigenvalue weighted by molar-refractivity contribution is -0.124. The summed E-state index contributed by atoms with van der Waals surface area (Å²) in [5.41, 5.74) is 1.48. The van der Waals surface area contributed by atoms with Crippen LogP contribution in [0.4, 0.5) is 0 Å². The fourth-order valence-electron chi connectivity index (χ4n) is 2.72. The van der Waals surface area contributed by atoms with Gasteiger partial charge in [0.15, 0.2) is 0 Å². The largest absolute Gasteiger partial charge is 0.357 e. The normalized spacial score (nSPS) is 14.7. The van der Waals surface area contributed by atoms with E-state index in [1.165, 1.54) is 7.05 Å². The van der Waals surface area contributed by atoms with E-state index in [-0.39, 0.29) is 12.8 Å². The molecule has 6 heteroatoms. The molecule has 0 spiro atoms. The number of benzene rings is 1. The topological polar surface area (TPSA) is 83.6 Å². The van der Waals surface area contributed by atoms with Crippen molar-refractivity contribution >= 4 is 24.0 Å². The number of aldehydes is 1. The maximum Gasteiger partial charge on any atom is 0.262 e. The van der Waals surface area contributed by atoms with Crippen molar-refractivity contribution in [3.63, 3.8) is 0 Å². The molecule has 1 heterocycles. The third-order valence-corrected chi connectivity index (χ3v) is 3.83. The zero-order valence-corrected chi connectivity index (χ0v) is 12.6. The van der Waals surface area contributed by atoms with Gasteiger partial charge in [0.2, 0.25) is 5.91 Å². The van der Waals surface area contributed by atoms with E-state index in [9.17, 15) is 19.2 Å². The fraction of sp³-hybridized carbons (Fsp3) is 0.375. The van der Waals surface area contributed by atoms with Gasteiger partial charge in [0.25, 0.3) is 11.8 Å². The molecule has 0 bridgehead atoms. The van der Waals surface area contributed by atoms with E-state index in [1.807, 2.05) is 6.92 Å². The van der Waals surface area contributed by atoms with Crippen LogP contribution < -0.4 is 5.32 Å². The third-order valence-electron chi connectivity index (χ3n) is 3.83. The van der Waals surface area contributed by atoms with Crippen molar-refractivity contribution in [2.45, 2.75) is 32.2 Å². The van der Waals surface area contributed by atoms with Crippen LogP contribution >= 0.6 is 0 Å². The zero-order valence-electron chi connectivity index (χ0n) is 12.6. The summed E-state index contributed by atoms with van der Waals surface area (Å²) in [4.78, 5) is 48.8. The molecule has 6 nitrogen and oxygen atoms in total. The molecule has 1 N–H and O–H groups in total. The van der Waals surface area contributed by atoms with Crippen molar-refractivity contribution in [3.8, 4) is 0 Å². The summed E-state index contributed by atoms with van der Waals surface area (Å²) in [5, 5.41) is 2.45. The minimum absolute atomic E-state index is 0.103. The lowest BCUT2D eigenvalue weighted by Gasteiger charge is -2.24. The van der Waals surface area contributed by atoms with E-state index in [4.69, 9.17) is 0 Å². The van der Waals surface area contributed by atoms with Crippen molar-refractivity contribution in [3.05, 3.63) is 34.9 Å². The molecular weight excluding hydrogens is 284 g/mol. The molecule has 0 aliphatic carbocycles. The predicted octanol–water partition coefficient (Wildman–Crippen LogP) is 0.939. The Hall–Kier alpha value is -2.50. The Morgan fingerprint density at radius 3 is 2.64 bits per heavy atom. The molecule has 1 aromatic rings. The van der Waals surface area contributed by atoms with Crippen LogP contribution in [0.2, 0.25) is 0 Å². The van der Waals surface area contributed by atoms with E-state index >= 15 is 0 Å². The number of fused-ring (bicyclic) bond motifs is 1. The fourth-order valence-corrected chi connectivity index (χ4v) is 2.72. The highest BCUT2D eigenvalue weighted by molar-refractivity contribution is 6.23. The number of likely N-dealkylation sites (N-methyl/N-ethyl adjacent to an activating group) is 1. The van der Waals surface area contributed by atoms with Gasteiger partial charge in [-0.05, 0) is 24.5 Å². The van der Waals surface area contributed by atoms with Crippen LogP contribution in [0.1, 0.15) is 46.0 Å². The smallest absolute Gasteiger partial charge is 0.262 e. The minimum atomic E-state index is -0.965. The van der Waals surface area contributed by atoms with Crippen molar-refractivity contribution in [2.24, 2.45) is 0 Å². The Balaban J connectivity index is 2.44. The number of carbonyl (C=O) groups is 4. The summed E-state index contributed by atoms with van der Waals surface area (Å²) < 4.78 is 0. The molecule has 1 aromatic carbocycles. The van der Waals surface area contributed by atoms with E-state index in [1.54, 1.807) is 18.2 Å². The Labute approximate surface area is 128 Å². The number of carbonyl (C=O) groups excluding carboxylic acids is 4. The molecular formula is C16H18N2O4. The Kier molecular flexibility index (Phi) is 4.70. The highest BCUT2D eigenvalue weighted by Gasteiger charge is 2.43. The van der Waals surface area contributed by atoms with Gasteiger partial charge in [-0.3, -0.25) is 19.3 Å². The second-order valence-corrected chi connectivity index (χ2v) is 5.05. The second-order valence-electron chi connectivity index (χ2n) is 5.05. The van der Waals surface area contributed by atoms with Gasteiger partial charge in [-0.2, -0.15) is 0 Å². The van der Waals surface area contributed by atoms with Gasteiger partial charge in [-0.25, -0.2) is 0 Å². The zero-order chi connectivity index (χ0) is 16.3. The number of rotatable bonds is 6. The standard InChI is InChI=1S/C16H18N2O4/c1-3-10-6-4-7-11-13(10)16(22)18(15(11)21)12(8-5-9-19)14(20)17-2/h4,6-7,9,12H,3,5,8H2,1-2H3,(H,17,20). The Morgan fingerprint density at radius 1 is 1.32 bits per heavy atom. The number of nitrogens with one attached hydrogen (secondary N) is 1. The lowest BCUT2D eigenvalue weighted by atomic mass is 10.0. The number of hydrogen-bond acceptors (Lipinski definition) is 4. The van der Waals surface area contributed by atoms with E-state index in [0.717, 1.165) is 10.5 Å². The maximum absolute atomic E-state index is 12.6. The molecule has 1 aliphatic rings. The summed E-state index contributed by atoms with van der Waals surface area (Å²) in [5.74, 6) is -1.39. The molecule has 1 unspecified atom stereocenters. The van der Waals surface area contributed by atoms with Gasteiger partial charge in [-0.1, -0.05) is 19.1 Å². The van der Waals surface area contributed by atoms with Gasteiger partial charge in [0.05, 0.1) is 11.1 Å². The van der Waals surface area contributed by atoms with E-state index in [0.29, 0.717) is 23.8 Å². The Bertz CT molecular complexity index is 639. The second kappa shape index (κ2) is 6.51. The van der Waals surface area contributed by atoms with E-state index in [2.05, 4.69) is 5.32 Å². The maximum atomic E-state index is 12.6. The van der Waals surface area contributed by atoms with Crippen LogP contribution in [0.25, 0.3) is 0 Å². The van der Waals surface area contributed by atoms with Gasteiger partial charge in [0, 0.05) is 13.5 Å². The molecule has 1 atom stereocenters. The molecule has 2 rings (SSSR count). The molecule has 116 valence electrons. The first-order valence-electron chi connectivity index (χ1n) is 7.21. The molecule has 1 aliphatic heterocycles. The summed E-state index contributed by atoms with van der Waals surface area (Å²) in [6.45, 7) is 1.90. The van der Waals surface area contributed by atoms with E-state index < -0.39 is 23.8 Å². The van der Waals surface area contributed by atoms with Gasteiger partial charge >= 0.3 is 0 Å². The predicted molar refractivity (Wildman–Crippen MR) is 79.5 cm³/mol. The monoisotopic (exact) mass is 302 g/mol. The molecule has 0 saturated carbocycles. The van der Waals surface area contributed by atoms with Crippen molar-refractivity contribution in [1.82, 2.24) is 10.2 Å². The van der Waals surface area contributed by atoms with Gasteiger partial charge in [0.1, 0.15) is 12.3 Å². The summed E-state index contributed by atoms with van der Waals surface area (Å²) in [6.07, 6.45) is 1.52. The summed E-state index contributed by atoms with van der Waals surface area (Å²) >= 11 is 0. The first kappa shape index (κ1) is 15.9. The lowest BCUT2D eigenvalue weighted by Crippen LogP contribution is -2.48. The molecule has 0 fully saturated rings. The molecule has 0 radical (unpaired) electrons. The van der Waals surface area contributed by atoms with Crippen LogP contribution in [-0.2, 0) is 16.0 Å². The van der Waals surface area contributed by atoms with Gasteiger partial charge < -0.3 is 10.1 Å². The van der Waals surface area contributed by atoms with Crippen LogP contribution in [0.3, 0.4) is 0 Å². The number of hydrogen-bond donors (Lipinski definition) is 1. The first-order chi connectivity index (χ1) is 10.6. The molecule has 3 amide bonds. The third kappa shape index (κ3) is 2.52. The minimum Gasteiger partial charge on any atom is -0.357 e. The number of imide groups is 1. The SMILES string of the molecule is CCc1cccc2c1C(=O)N(C(CCC=O)C(=O)NC)C2=O. The van der Waals surface area contributed by atoms with Crippen molar-refractivity contribution < 1.29 is 19.2 Å². The highest BCUT2D eigenvalue weighted by atomic mass is 16.2. The van der Waals surface area contributed by atoms with Crippen LogP contribution in [-0.4, -0.2) is 42.0 Å². The number of aryl methyl sites for hydroxylation is 1. The summed E-state index contributed by atoms with van der Waals surface area (Å²) in [7, 11) is 1.44. The Morgan fingerprint density at radius 2 is 2.05 bits per heavy atom. The molecule has 0 saturated heterocycles. The van der Waals surface area contributed by atoms with Crippen LogP contribution in [0.5, 0.6) is 0 Å². The van der Waals surface area contributed by atoms with Crippen molar-refractivity contribution in [2.75, 3.05) is 7.05 Å². The molecule has 22 heavy (non-hydrogen) atoms. The summed E-state index contributed by atoms with van der Waals surface area (Å²) in [6, 6.07) is 4.16. The average molecular weight is 302 g/mol. The highest BCUT2D eigenvalue weighted by Crippen LogP contribution is 2.29. The molecule has 0 aromatic heterocycles. The first-order valence-corrected chi connectivity index (χ1v) is 7.21. The number of nitrogens with zero attached hydrogens (tertiary/aromatic N) is 1. The van der Waals surface area contributed by atoms with Crippen LogP contribution in [0.15, 0.2) is 18.2 Å². The van der Waals surface area contributed by atoms with Gasteiger partial charge in [-0.15, -0.1) is 0 Å².